The summed E-state index contributed by atoms with van der Waals surface area (Å²) >= 11 is 12.3. The molecule has 0 radical (unpaired) electrons. The second kappa shape index (κ2) is 10.0. The number of para-hydroxylation sites is 1. The molecule has 170 valence electrons. The zero-order valence-electron chi connectivity index (χ0n) is 17.9. The van der Waals surface area contributed by atoms with Crippen molar-refractivity contribution < 1.29 is 13.2 Å². The van der Waals surface area contributed by atoms with Gasteiger partial charge in [-0.25, -0.2) is 8.42 Å². The van der Waals surface area contributed by atoms with Crippen LogP contribution < -0.4 is 10.3 Å². The van der Waals surface area contributed by atoms with Gasteiger partial charge >= 0.3 is 6.01 Å². The summed E-state index contributed by atoms with van der Waals surface area (Å²) in [6.07, 6.45) is 2.90. The van der Waals surface area contributed by atoms with Gasteiger partial charge in [-0.3, -0.25) is 4.79 Å². The summed E-state index contributed by atoms with van der Waals surface area (Å²) in [5.74, 6) is 0.179. The molecule has 0 N–H and O–H groups in total. The van der Waals surface area contributed by atoms with Gasteiger partial charge in [-0.15, -0.1) is 0 Å². The highest BCUT2D eigenvalue weighted by molar-refractivity contribution is 7.90. The van der Waals surface area contributed by atoms with E-state index in [2.05, 4.69) is 9.97 Å². The van der Waals surface area contributed by atoms with E-state index in [1.54, 1.807) is 31.4 Å². The number of pyridine rings is 1. The van der Waals surface area contributed by atoms with E-state index in [9.17, 15) is 13.2 Å². The van der Waals surface area contributed by atoms with Crippen molar-refractivity contribution in [1.29, 1.82) is 0 Å². The predicted molar refractivity (Wildman–Crippen MR) is 126 cm³/mol. The molecule has 2 aromatic heterocycles. The van der Waals surface area contributed by atoms with E-state index in [-0.39, 0.29) is 33.8 Å². The van der Waals surface area contributed by atoms with E-state index in [0.717, 1.165) is 12.0 Å². The summed E-state index contributed by atoms with van der Waals surface area (Å²) in [6, 6.07) is 8.28. The number of aromatic nitrogens is 3. The Hall–Kier alpha value is -2.42. The van der Waals surface area contributed by atoms with Gasteiger partial charge in [0.05, 0.1) is 27.9 Å². The van der Waals surface area contributed by atoms with Gasteiger partial charge in [-0.2, -0.15) is 9.97 Å². The van der Waals surface area contributed by atoms with Gasteiger partial charge in [-0.05, 0) is 37.1 Å². The zero-order valence-corrected chi connectivity index (χ0v) is 20.3. The second-order valence-electron chi connectivity index (χ2n) is 7.45. The Morgan fingerprint density at radius 2 is 1.88 bits per heavy atom. The van der Waals surface area contributed by atoms with Crippen molar-refractivity contribution >= 4 is 33.0 Å². The molecular formula is C22H23Cl2N3O4S. The van der Waals surface area contributed by atoms with Crippen molar-refractivity contribution in [1.82, 2.24) is 14.5 Å². The topological polar surface area (TPSA) is 91.2 Å². The van der Waals surface area contributed by atoms with E-state index in [1.165, 1.54) is 10.6 Å². The summed E-state index contributed by atoms with van der Waals surface area (Å²) < 4.78 is 32.3. The van der Waals surface area contributed by atoms with Gasteiger partial charge in [0.1, 0.15) is 5.02 Å². The molecule has 3 rings (SSSR count). The maximum atomic E-state index is 12.5. The van der Waals surface area contributed by atoms with Crippen molar-refractivity contribution in [2.45, 2.75) is 32.4 Å². The number of nitrogens with zero attached hydrogens (tertiary/aromatic N) is 3. The predicted octanol–water partition coefficient (Wildman–Crippen LogP) is 4.96. The molecule has 0 amide bonds. The molecule has 0 unspecified atom stereocenters. The van der Waals surface area contributed by atoms with Crippen LogP contribution in [0.15, 0.2) is 41.3 Å². The summed E-state index contributed by atoms with van der Waals surface area (Å²) in [5, 5.41) is 0.395. The second-order valence-corrected chi connectivity index (χ2v) is 10.5. The lowest BCUT2D eigenvalue weighted by atomic mass is 10.2. The van der Waals surface area contributed by atoms with Gasteiger partial charge < -0.3 is 9.30 Å². The number of halogens is 2. The van der Waals surface area contributed by atoms with Gasteiger partial charge in [-0.1, -0.05) is 48.7 Å². The number of unbranched alkanes of at least 4 members (excludes halogenated alkanes) is 1. The first-order valence-electron chi connectivity index (χ1n) is 9.97. The Bertz CT molecular complexity index is 1260. The number of benzene rings is 1. The lowest BCUT2D eigenvalue weighted by Gasteiger charge is -2.12. The van der Waals surface area contributed by atoms with Crippen LogP contribution in [-0.2, 0) is 22.6 Å². The molecule has 0 aliphatic heterocycles. The number of hydrogen-bond acceptors (Lipinski definition) is 6. The Labute approximate surface area is 196 Å². The van der Waals surface area contributed by atoms with Crippen LogP contribution in [-0.4, -0.2) is 28.7 Å². The maximum Gasteiger partial charge on any atom is 0.322 e. The number of rotatable bonds is 8. The number of sulfone groups is 1. The van der Waals surface area contributed by atoms with E-state index in [4.69, 9.17) is 27.9 Å². The third-order valence-corrected chi connectivity index (χ3v) is 6.94. The molecule has 0 spiro atoms. The van der Waals surface area contributed by atoms with Gasteiger partial charge in [0.25, 0.3) is 5.56 Å². The van der Waals surface area contributed by atoms with Crippen LogP contribution in [0.3, 0.4) is 0 Å². The summed E-state index contributed by atoms with van der Waals surface area (Å²) in [6.45, 7) is 3.76. The third-order valence-electron chi connectivity index (χ3n) is 4.73. The van der Waals surface area contributed by atoms with Crippen LogP contribution in [0.5, 0.6) is 11.8 Å². The van der Waals surface area contributed by atoms with Crippen LogP contribution in [0.1, 0.15) is 31.0 Å². The molecular weight excluding hydrogens is 473 g/mol. The minimum Gasteiger partial charge on any atom is -0.422 e. The highest BCUT2D eigenvalue weighted by Crippen LogP contribution is 2.32. The highest BCUT2D eigenvalue weighted by atomic mass is 35.5. The molecule has 1 aromatic carbocycles. The van der Waals surface area contributed by atoms with E-state index >= 15 is 0 Å². The molecule has 7 nitrogen and oxygen atoms in total. The number of aryl methyl sites for hydroxylation is 2. The Morgan fingerprint density at radius 3 is 2.53 bits per heavy atom. The minimum absolute atomic E-state index is 0.0187. The lowest BCUT2D eigenvalue weighted by Crippen LogP contribution is -2.16. The molecule has 0 aliphatic rings. The zero-order chi connectivity index (χ0) is 23.5. The lowest BCUT2D eigenvalue weighted by molar-refractivity contribution is 0.438. The van der Waals surface area contributed by atoms with E-state index < -0.39 is 9.84 Å². The molecule has 0 saturated carbocycles. The van der Waals surface area contributed by atoms with Crippen molar-refractivity contribution in [2.24, 2.45) is 7.05 Å². The van der Waals surface area contributed by atoms with Crippen LogP contribution in [0.25, 0.3) is 11.3 Å². The first-order valence-corrected chi connectivity index (χ1v) is 12.5. The average molecular weight is 496 g/mol. The molecule has 0 atom stereocenters. The first-order chi connectivity index (χ1) is 15.1. The van der Waals surface area contributed by atoms with Crippen molar-refractivity contribution in [3.8, 4) is 23.0 Å². The number of hydrogen-bond donors (Lipinski definition) is 0. The van der Waals surface area contributed by atoms with Gasteiger partial charge in [0.2, 0.25) is 0 Å². The minimum atomic E-state index is -3.38. The smallest absolute Gasteiger partial charge is 0.322 e. The van der Waals surface area contributed by atoms with Gasteiger partial charge in [0.15, 0.2) is 15.6 Å². The molecule has 10 heteroatoms. The highest BCUT2D eigenvalue weighted by Gasteiger charge is 2.18. The first kappa shape index (κ1) is 24.2. The molecule has 0 bridgehead atoms. The van der Waals surface area contributed by atoms with Crippen molar-refractivity contribution in [2.75, 3.05) is 5.75 Å². The van der Waals surface area contributed by atoms with Crippen molar-refractivity contribution in [3.05, 3.63) is 68.2 Å². The summed E-state index contributed by atoms with van der Waals surface area (Å²) in [4.78, 5) is 20.7. The quantitative estimate of drug-likeness (QED) is 0.438. The largest absolute Gasteiger partial charge is 0.422 e. The summed E-state index contributed by atoms with van der Waals surface area (Å²) in [7, 11) is -1.81. The Morgan fingerprint density at radius 1 is 1.12 bits per heavy atom. The van der Waals surface area contributed by atoms with Gasteiger partial charge in [0, 0.05) is 18.8 Å². The van der Waals surface area contributed by atoms with Crippen LogP contribution in [0.2, 0.25) is 10.0 Å². The molecule has 0 fully saturated rings. The van der Waals surface area contributed by atoms with Crippen LogP contribution in [0.4, 0.5) is 0 Å². The SMILES string of the molecule is CCCCS(=O)(=O)Cc1cc(-c2cc(Cl)c(=O)n(C)c2)nc(Oc2c(C)cccc2Cl)n1. The van der Waals surface area contributed by atoms with E-state index in [1.807, 2.05) is 19.9 Å². The van der Waals surface area contributed by atoms with E-state index in [0.29, 0.717) is 28.5 Å². The summed E-state index contributed by atoms with van der Waals surface area (Å²) in [5.41, 5.74) is 1.59. The fraction of sp³-hybridized carbons (Fsp3) is 0.318. The molecule has 2 heterocycles. The molecule has 32 heavy (non-hydrogen) atoms. The average Bonchev–Trinajstić information content (AvgIpc) is 2.72. The third kappa shape index (κ3) is 5.88. The van der Waals surface area contributed by atoms with Crippen LogP contribution in [0, 0.1) is 6.92 Å². The standard InChI is InChI=1S/C22H23Cl2N3O4S/c1-4-5-9-32(29,30)13-16-11-19(15-10-18(24)21(28)27(3)12-15)26-22(25-16)31-20-14(2)7-6-8-17(20)23/h6-8,10-12H,4-5,9,13H2,1-3H3. The molecule has 0 aliphatic carbocycles. The molecule has 3 aromatic rings. The Balaban J connectivity index is 2.10. The fourth-order valence-electron chi connectivity index (χ4n) is 3.05. The van der Waals surface area contributed by atoms with Crippen molar-refractivity contribution in [3.63, 3.8) is 0 Å². The maximum absolute atomic E-state index is 12.5. The molecule has 0 saturated heterocycles. The normalized spacial score (nSPS) is 11.5. The van der Waals surface area contributed by atoms with Crippen LogP contribution >= 0.6 is 23.2 Å². The fourth-order valence-corrected chi connectivity index (χ4v) is 5.03. The Kier molecular flexibility index (Phi) is 7.59. The monoisotopic (exact) mass is 495 g/mol. The number of ether oxygens (including phenoxy) is 1.